The van der Waals surface area contributed by atoms with Crippen LogP contribution in [0.2, 0.25) is 0 Å². The molecule has 1 heterocycles. The Balaban J connectivity index is 2.18. The second kappa shape index (κ2) is 4.64. The molecule has 0 unspecified atom stereocenters. The summed E-state index contributed by atoms with van der Waals surface area (Å²) >= 11 is 0. The molecule has 3 aromatic rings. The van der Waals surface area contributed by atoms with Gasteiger partial charge in [0.15, 0.2) is 0 Å². The van der Waals surface area contributed by atoms with Gasteiger partial charge in [0.2, 0.25) is 0 Å². The summed E-state index contributed by atoms with van der Waals surface area (Å²) in [6, 6.07) is 15.4. The second-order valence-electron chi connectivity index (χ2n) is 5.43. The summed E-state index contributed by atoms with van der Waals surface area (Å²) in [5.41, 5.74) is 6.75. The third-order valence-electron chi connectivity index (χ3n) is 4.18. The highest BCUT2D eigenvalue weighted by Crippen LogP contribution is 2.35. The number of benzene rings is 3. The molecule has 1 aliphatic rings. The minimum Gasteiger partial charge on any atom is -0.329 e. The molecule has 2 amide bonds. The number of amides is 2. The van der Waals surface area contributed by atoms with Crippen molar-refractivity contribution in [3.8, 4) is 0 Å². The molecule has 0 bridgehead atoms. The van der Waals surface area contributed by atoms with Crippen LogP contribution in [0.1, 0.15) is 20.7 Å². The monoisotopic (exact) mass is 290 g/mol. The Morgan fingerprint density at radius 3 is 2.50 bits per heavy atom. The Morgan fingerprint density at radius 1 is 0.909 bits per heavy atom. The highest BCUT2D eigenvalue weighted by molar-refractivity contribution is 6.30. The first-order chi connectivity index (χ1) is 10.7. The molecular weight excluding hydrogens is 276 g/mol. The number of nitrogens with zero attached hydrogens (tertiary/aromatic N) is 1. The fraction of sp³-hybridized carbons (Fsp3) is 0.111. The highest BCUT2D eigenvalue weighted by atomic mass is 16.2. The normalized spacial score (nSPS) is 14.1. The van der Waals surface area contributed by atoms with E-state index in [1.165, 1.54) is 4.90 Å². The first-order valence-corrected chi connectivity index (χ1v) is 7.23. The van der Waals surface area contributed by atoms with E-state index in [1.807, 2.05) is 42.5 Å². The van der Waals surface area contributed by atoms with Crippen LogP contribution in [0, 0.1) is 0 Å². The van der Waals surface area contributed by atoms with Gasteiger partial charge in [-0.05, 0) is 28.3 Å². The summed E-state index contributed by atoms with van der Waals surface area (Å²) in [7, 11) is 0. The molecule has 0 radical (unpaired) electrons. The van der Waals surface area contributed by atoms with E-state index in [-0.39, 0.29) is 24.9 Å². The quantitative estimate of drug-likeness (QED) is 0.582. The molecule has 1 aliphatic heterocycles. The summed E-state index contributed by atoms with van der Waals surface area (Å²) in [6.45, 7) is 0.490. The maximum atomic E-state index is 12.9. The third-order valence-corrected chi connectivity index (χ3v) is 4.18. The van der Waals surface area contributed by atoms with Crippen molar-refractivity contribution in [2.75, 3.05) is 13.1 Å². The smallest absolute Gasteiger partial charge is 0.262 e. The molecule has 0 saturated carbocycles. The van der Waals surface area contributed by atoms with Gasteiger partial charge in [0.05, 0.1) is 5.56 Å². The SMILES string of the molecule is NCCN1C(=O)c2cccc3cc4ccccc4c(c23)C1=O. The Bertz CT molecular complexity index is 946. The van der Waals surface area contributed by atoms with Gasteiger partial charge in [0.25, 0.3) is 11.8 Å². The number of carbonyl (C=O) groups excluding carboxylic acids is 2. The first-order valence-electron chi connectivity index (χ1n) is 7.23. The molecule has 0 saturated heterocycles. The van der Waals surface area contributed by atoms with E-state index in [2.05, 4.69) is 0 Å². The van der Waals surface area contributed by atoms with Crippen LogP contribution in [0.25, 0.3) is 21.5 Å². The Labute approximate surface area is 127 Å². The summed E-state index contributed by atoms with van der Waals surface area (Å²) in [4.78, 5) is 26.7. The van der Waals surface area contributed by atoms with Gasteiger partial charge < -0.3 is 5.73 Å². The van der Waals surface area contributed by atoms with E-state index in [0.29, 0.717) is 11.1 Å². The van der Waals surface area contributed by atoms with Crippen molar-refractivity contribution >= 4 is 33.4 Å². The predicted molar refractivity (Wildman–Crippen MR) is 85.9 cm³/mol. The van der Waals surface area contributed by atoms with Crippen LogP contribution in [-0.4, -0.2) is 29.8 Å². The van der Waals surface area contributed by atoms with E-state index in [1.54, 1.807) is 6.07 Å². The molecule has 0 atom stereocenters. The second-order valence-corrected chi connectivity index (χ2v) is 5.43. The van der Waals surface area contributed by atoms with Crippen LogP contribution in [0.5, 0.6) is 0 Å². The van der Waals surface area contributed by atoms with Crippen LogP contribution in [-0.2, 0) is 0 Å². The number of hydrogen-bond acceptors (Lipinski definition) is 3. The Hall–Kier alpha value is -2.72. The van der Waals surface area contributed by atoms with Gasteiger partial charge in [-0.3, -0.25) is 14.5 Å². The van der Waals surface area contributed by atoms with Crippen LogP contribution >= 0.6 is 0 Å². The van der Waals surface area contributed by atoms with Gasteiger partial charge in [-0.25, -0.2) is 0 Å². The molecule has 0 spiro atoms. The lowest BCUT2D eigenvalue weighted by molar-refractivity contribution is 0.0616. The number of nitrogens with two attached hydrogens (primary N) is 1. The van der Waals surface area contributed by atoms with Crippen molar-refractivity contribution in [2.24, 2.45) is 5.73 Å². The average molecular weight is 290 g/mol. The number of hydrogen-bond donors (Lipinski definition) is 1. The summed E-state index contributed by atoms with van der Waals surface area (Å²) < 4.78 is 0. The third kappa shape index (κ3) is 1.61. The maximum absolute atomic E-state index is 12.9. The van der Waals surface area contributed by atoms with Crippen LogP contribution in [0.15, 0.2) is 48.5 Å². The molecule has 0 aliphatic carbocycles. The van der Waals surface area contributed by atoms with Gasteiger partial charge in [-0.1, -0.05) is 36.4 Å². The number of carbonyl (C=O) groups is 2. The van der Waals surface area contributed by atoms with Gasteiger partial charge in [0, 0.05) is 24.0 Å². The summed E-state index contributed by atoms with van der Waals surface area (Å²) in [5.74, 6) is -0.514. The van der Waals surface area contributed by atoms with Crippen LogP contribution < -0.4 is 5.73 Å². The van der Waals surface area contributed by atoms with E-state index in [0.717, 1.165) is 21.5 Å². The van der Waals surface area contributed by atoms with Crippen molar-refractivity contribution < 1.29 is 9.59 Å². The molecule has 22 heavy (non-hydrogen) atoms. The largest absolute Gasteiger partial charge is 0.329 e. The van der Waals surface area contributed by atoms with Crippen LogP contribution in [0.3, 0.4) is 0 Å². The topological polar surface area (TPSA) is 63.4 Å². The lowest BCUT2D eigenvalue weighted by atomic mass is 9.89. The number of imide groups is 1. The minimum absolute atomic E-state index is 0.233. The Kier molecular flexibility index (Phi) is 2.74. The molecule has 4 rings (SSSR count). The van der Waals surface area contributed by atoms with Gasteiger partial charge >= 0.3 is 0 Å². The fourth-order valence-corrected chi connectivity index (χ4v) is 3.23. The molecule has 108 valence electrons. The zero-order valence-corrected chi connectivity index (χ0v) is 11.9. The molecule has 4 heteroatoms. The molecule has 2 N–H and O–H groups in total. The number of rotatable bonds is 2. The van der Waals surface area contributed by atoms with Crippen molar-refractivity contribution in [1.82, 2.24) is 4.90 Å². The predicted octanol–water partition coefficient (Wildman–Crippen LogP) is 2.55. The van der Waals surface area contributed by atoms with Gasteiger partial charge in [-0.15, -0.1) is 0 Å². The van der Waals surface area contributed by atoms with Gasteiger partial charge in [-0.2, -0.15) is 0 Å². The zero-order valence-electron chi connectivity index (χ0n) is 11.9. The fourth-order valence-electron chi connectivity index (χ4n) is 3.23. The minimum atomic E-state index is -0.260. The lowest BCUT2D eigenvalue weighted by Gasteiger charge is -2.27. The molecule has 0 fully saturated rings. The van der Waals surface area contributed by atoms with E-state index >= 15 is 0 Å². The van der Waals surface area contributed by atoms with Crippen molar-refractivity contribution in [1.29, 1.82) is 0 Å². The van der Waals surface area contributed by atoms with Gasteiger partial charge in [0.1, 0.15) is 0 Å². The zero-order chi connectivity index (χ0) is 15.3. The summed E-state index contributed by atoms with van der Waals surface area (Å²) in [6.07, 6.45) is 0. The molecule has 0 aromatic heterocycles. The average Bonchev–Trinajstić information content (AvgIpc) is 2.55. The number of fused-ring (bicyclic) bond motifs is 2. The standard InChI is InChI=1S/C18H14N2O2/c19-8-9-20-17(21)14-7-3-5-12-10-11-4-1-2-6-13(11)16(15(12)14)18(20)22/h1-7,10H,8-9,19H2. The van der Waals surface area contributed by atoms with Crippen molar-refractivity contribution in [2.45, 2.75) is 0 Å². The maximum Gasteiger partial charge on any atom is 0.262 e. The van der Waals surface area contributed by atoms with Crippen molar-refractivity contribution in [3.05, 3.63) is 59.7 Å². The highest BCUT2D eigenvalue weighted by Gasteiger charge is 2.33. The molecule has 3 aromatic carbocycles. The van der Waals surface area contributed by atoms with E-state index in [4.69, 9.17) is 5.73 Å². The first kappa shape index (κ1) is 13.0. The lowest BCUT2D eigenvalue weighted by Crippen LogP contribution is -2.43. The summed E-state index contributed by atoms with van der Waals surface area (Å²) in [5, 5.41) is 3.55. The van der Waals surface area contributed by atoms with E-state index in [9.17, 15) is 9.59 Å². The van der Waals surface area contributed by atoms with Crippen LogP contribution in [0.4, 0.5) is 0 Å². The molecule has 4 nitrogen and oxygen atoms in total. The molecular formula is C18H14N2O2. The Morgan fingerprint density at radius 2 is 1.68 bits per heavy atom. The van der Waals surface area contributed by atoms with Crippen molar-refractivity contribution in [3.63, 3.8) is 0 Å². The van der Waals surface area contributed by atoms with E-state index < -0.39 is 0 Å².